The highest BCUT2D eigenvalue weighted by atomic mass is 31.2. The highest BCUT2D eigenvalue weighted by Gasteiger charge is 2.40. The van der Waals surface area contributed by atoms with Crippen molar-refractivity contribution in [3.05, 3.63) is 57.9 Å². The zero-order chi connectivity index (χ0) is 27.9. The van der Waals surface area contributed by atoms with E-state index in [1.165, 1.54) is 0 Å². The first kappa shape index (κ1) is 31.0. The van der Waals surface area contributed by atoms with Crippen LogP contribution in [0.3, 0.4) is 0 Å². The van der Waals surface area contributed by atoms with Crippen molar-refractivity contribution in [3.63, 3.8) is 0 Å². The van der Waals surface area contributed by atoms with Gasteiger partial charge in [0.1, 0.15) is 5.76 Å². The Bertz CT molecular complexity index is 1070. The van der Waals surface area contributed by atoms with Gasteiger partial charge in [0, 0.05) is 22.3 Å². The topological polar surface area (TPSA) is 253 Å². The molecule has 0 aromatic rings. The zero-order valence-electron chi connectivity index (χ0n) is 18.7. The van der Waals surface area contributed by atoms with Gasteiger partial charge in [-0.1, -0.05) is 18.2 Å². The number of hydrogen-bond donors (Lipinski definition) is 7. The Balaban J connectivity index is 8.44. The SMILES string of the molecule is CC(=CC(OP(=O)(O)O)=C(C(=O)O)C(C=C(C)C(=O)O)(C=C(C)C(=O)O)C=C(C)C(=O)O)C(=O)O. The van der Waals surface area contributed by atoms with Gasteiger partial charge in [-0.25, -0.2) is 28.5 Å². The van der Waals surface area contributed by atoms with Crippen LogP contribution < -0.4 is 0 Å². The molecule has 35 heavy (non-hydrogen) atoms. The minimum absolute atomic E-state index is 0.400. The molecule has 0 spiro atoms. The van der Waals surface area contributed by atoms with Crippen LogP contribution >= 0.6 is 7.82 Å². The lowest BCUT2D eigenvalue weighted by atomic mass is 9.74. The van der Waals surface area contributed by atoms with Crippen molar-refractivity contribution in [1.29, 1.82) is 0 Å². The second-order valence-corrected chi connectivity index (χ2v) is 8.25. The number of phosphoric ester groups is 1. The van der Waals surface area contributed by atoms with Crippen molar-refractivity contribution in [2.75, 3.05) is 0 Å². The van der Waals surface area contributed by atoms with E-state index in [1.807, 2.05) is 0 Å². The molecule has 0 aromatic heterocycles. The van der Waals surface area contributed by atoms with E-state index in [1.54, 1.807) is 0 Å². The predicted molar refractivity (Wildman–Crippen MR) is 116 cm³/mol. The van der Waals surface area contributed by atoms with Gasteiger partial charge in [0.05, 0.1) is 11.0 Å². The third-order valence-electron chi connectivity index (χ3n) is 4.17. The molecule has 0 fully saturated rings. The molecule has 0 radical (unpaired) electrons. The van der Waals surface area contributed by atoms with Crippen LogP contribution in [0.2, 0.25) is 0 Å². The summed E-state index contributed by atoms with van der Waals surface area (Å²) in [6.07, 6.45) is 2.25. The third-order valence-corrected chi connectivity index (χ3v) is 4.61. The van der Waals surface area contributed by atoms with Crippen molar-refractivity contribution >= 4 is 37.7 Å². The summed E-state index contributed by atoms with van der Waals surface area (Å²) < 4.78 is 16.0. The van der Waals surface area contributed by atoms with Crippen LogP contribution in [0.4, 0.5) is 0 Å². The fraction of sp³-hybridized carbons (Fsp3) is 0.250. The Hall–Kier alpha value is -4.00. The lowest BCUT2D eigenvalue weighted by Crippen LogP contribution is -2.27. The highest BCUT2D eigenvalue weighted by molar-refractivity contribution is 7.46. The smallest absolute Gasteiger partial charge is 0.478 e. The van der Waals surface area contributed by atoms with Crippen molar-refractivity contribution in [2.24, 2.45) is 5.41 Å². The molecule has 0 unspecified atom stereocenters. The van der Waals surface area contributed by atoms with Crippen molar-refractivity contribution in [3.8, 4) is 0 Å². The first-order valence-corrected chi connectivity index (χ1v) is 10.7. The van der Waals surface area contributed by atoms with E-state index in [0.29, 0.717) is 24.3 Å². The van der Waals surface area contributed by atoms with Crippen molar-refractivity contribution in [1.82, 2.24) is 0 Å². The molecule has 7 N–H and O–H groups in total. The van der Waals surface area contributed by atoms with Crippen LogP contribution in [0.5, 0.6) is 0 Å². The molecule has 0 aliphatic rings. The average molecular weight is 518 g/mol. The van der Waals surface area contributed by atoms with Crippen LogP contribution in [-0.2, 0) is 33.1 Å². The Morgan fingerprint density at radius 1 is 0.629 bits per heavy atom. The van der Waals surface area contributed by atoms with E-state index in [0.717, 1.165) is 27.7 Å². The van der Waals surface area contributed by atoms with Crippen molar-refractivity contribution in [2.45, 2.75) is 27.7 Å². The highest BCUT2D eigenvalue weighted by Crippen LogP contribution is 2.45. The lowest BCUT2D eigenvalue weighted by Gasteiger charge is -2.28. The summed E-state index contributed by atoms with van der Waals surface area (Å²) in [6.45, 7) is 3.76. The monoisotopic (exact) mass is 518 g/mol. The molecular formula is C20H23O14P. The first-order valence-electron chi connectivity index (χ1n) is 9.17. The molecule has 0 bridgehead atoms. The summed E-state index contributed by atoms with van der Waals surface area (Å²) in [6, 6.07) is 0. The second-order valence-electron chi connectivity index (χ2n) is 7.09. The van der Waals surface area contributed by atoms with E-state index < -0.39 is 76.7 Å². The molecule has 0 aliphatic heterocycles. The van der Waals surface area contributed by atoms with Crippen molar-refractivity contribution < 1.29 is 68.4 Å². The summed E-state index contributed by atoms with van der Waals surface area (Å²) in [5, 5.41) is 47.2. The Labute approximate surface area is 197 Å². The van der Waals surface area contributed by atoms with Crippen LogP contribution in [0.15, 0.2) is 57.9 Å². The molecule has 0 amide bonds. The summed E-state index contributed by atoms with van der Waals surface area (Å²) >= 11 is 0. The van der Waals surface area contributed by atoms with E-state index in [-0.39, 0.29) is 0 Å². The molecule has 0 aromatic carbocycles. The molecule has 0 aliphatic carbocycles. The van der Waals surface area contributed by atoms with Gasteiger partial charge in [-0.3, -0.25) is 9.79 Å². The maximum Gasteiger partial charge on any atom is 0.524 e. The molecule has 192 valence electrons. The average Bonchev–Trinajstić information content (AvgIpc) is 2.65. The summed E-state index contributed by atoms with van der Waals surface area (Å²) in [7, 11) is -5.60. The number of rotatable bonds is 12. The van der Waals surface area contributed by atoms with Crippen LogP contribution in [0.1, 0.15) is 27.7 Å². The number of phosphoric acid groups is 1. The van der Waals surface area contributed by atoms with E-state index >= 15 is 0 Å². The van der Waals surface area contributed by atoms with Gasteiger partial charge >= 0.3 is 37.7 Å². The number of aliphatic carboxylic acids is 5. The first-order chi connectivity index (χ1) is 15.7. The number of hydrogen-bond acceptors (Lipinski definition) is 7. The van der Waals surface area contributed by atoms with Crippen LogP contribution in [-0.4, -0.2) is 65.2 Å². The minimum Gasteiger partial charge on any atom is -0.478 e. The van der Waals surface area contributed by atoms with Crippen LogP contribution in [0, 0.1) is 5.41 Å². The maximum absolute atomic E-state index is 12.4. The molecule has 0 rings (SSSR count). The third kappa shape index (κ3) is 9.41. The largest absolute Gasteiger partial charge is 0.524 e. The van der Waals surface area contributed by atoms with Gasteiger partial charge in [0.2, 0.25) is 0 Å². The van der Waals surface area contributed by atoms with Gasteiger partial charge < -0.3 is 30.1 Å². The molecule has 0 saturated carbocycles. The van der Waals surface area contributed by atoms with Gasteiger partial charge in [0.15, 0.2) is 0 Å². The van der Waals surface area contributed by atoms with E-state index in [2.05, 4.69) is 4.52 Å². The van der Waals surface area contributed by atoms with E-state index in [4.69, 9.17) is 5.11 Å². The fourth-order valence-electron chi connectivity index (χ4n) is 2.64. The summed E-state index contributed by atoms with van der Waals surface area (Å²) in [5.74, 6) is -9.98. The normalized spacial score (nSPS) is 16.1. The number of carboxylic acid groups (broad SMARTS) is 5. The van der Waals surface area contributed by atoms with Gasteiger partial charge in [0.25, 0.3) is 0 Å². The van der Waals surface area contributed by atoms with Gasteiger partial charge in [-0.05, 0) is 33.8 Å². The standard InChI is InChI=1S/C20H23O14P/c1-9(15(21)22)5-13(34-35(31,32)33)14(19(29)30)20(6-10(2)16(23)24,7-11(3)17(25)26)8-12(4)18(27)28/h5-8H,1-4H3,(H,21,22)(H,23,24)(H,25,26)(H,27,28)(H,29,30)(H2,31,32,33). The Morgan fingerprint density at radius 3 is 1.17 bits per heavy atom. The van der Waals surface area contributed by atoms with Crippen LogP contribution in [0.25, 0.3) is 0 Å². The fourth-order valence-corrected chi connectivity index (χ4v) is 3.04. The maximum atomic E-state index is 12.4. The molecule has 0 saturated heterocycles. The number of allylic oxidation sites excluding steroid dienone is 4. The quantitative estimate of drug-likeness (QED) is 0.0837. The minimum atomic E-state index is -5.60. The summed E-state index contributed by atoms with van der Waals surface area (Å²) in [5.41, 5.74) is -6.54. The molecule has 15 heteroatoms. The molecule has 0 atom stereocenters. The van der Waals surface area contributed by atoms with Gasteiger partial charge in [-0.2, -0.15) is 0 Å². The molecule has 14 nitrogen and oxygen atoms in total. The Kier molecular flexibility index (Phi) is 10.6. The zero-order valence-corrected chi connectivity index (χ0v) is 19.6. The Morgan fingerprint density at radius 2 is 0.943 bits per heavy atom. The summed E-state index contributed by atoms with van der Waals surface area (Å²) in [4.78, 5) is 76.8. The number of carboxylic acids is 5. The second kappa shape index (κ2) is 11.9. The van der Waals surface area contributed by atoms with E-state index in [9.17, 15) is 58.8 Å². The lowest BCUT2D eigenvalue weighted by molar-refractivity contribution is -0.135. The molecular weight excluding hydrogens is 495 g/mol. The number of carbonyl (C=O) groups is 5. The van der Waals surface area contributed by atoms with Gasteiger partial charge in [-0.15, -0.1) is 0 Å². The predicted octanol–water partition coefficient (Wildman–Crippen LogP) is 1.54. The molecule has 0 heterocycles.